The number of ether oxygens (including phenoxy) is 1. The minimum Gasteiger partial charge on any atom is -0.364 e. The summed E-state index contributed by atoms with van der Waals surface area (Å²) in [6.45, 7) is 4.26. The van der Waals surface area contributed by atoms with Crippen molar-refractivity contribution in [1.82, 2.24) is 0 Å². The second kappa shape index (κ2) is 3.80. The number of carbonyl (C=O) groups excluding carboxylic acids is 1. The smallest absolute Gasteiger partial charge is 0.165 e. The predicted molar refractivity (Wildman–Crippen MR) is 72.6 cm³/mol. The molecule has 2 aliphatic heterocycles. The van der Waals surface area contributed by atoms with Gasteiger partial charge < -0.3 is 4.74 Å². The maximum Gasteiger partial charge on any atom is 0.165 e. The fourth-order valence-electron chi connectivity index (χ4n) is 4.38. The highest BCUT2D eigenvalue weighted by molar-refractivity contribution is 6.02. The quantitative estimate of drug-likeness (QED) is 0.803. The summed E-state index contributed by atoms with van der Waals surface area (Å²) in [5.41, 5.74) is 5.00. The summed E-state index contributed by atoms with van der Waals surface area (Å²) in [6.07, 6.45) is 1.97. The van der Waals surface area contributed by atoms with Crippen LogP contribution in [0, 0.1) is 11.8 Å². The van der Waals surface area contributed by atoms with Gasteiger partial charge >= 0.3 is 0 Å². The van der Waals surface area contributed by atoms with Crippen molar-refractivity contribution in [1.29, 1.82) is 0 Å². The Hall–Kier alpha value is -1.41. The molecule has 0 unspecified atom stereocenters. The fourth-order valence-corrected chi connectivity index (χ4v) is 4.38. The molecular formula is C17H18O2. The number of carbonyl (C=O) groups is 1. The van der Waals surface area contributed by atoms with Crippen LogP contribution in [0.4, 0.5) is 0 Å². The van der Waals surface area contributed by atoms with E-state index in [4.69, 9.17) is 4.74 Å². The van der Waals surface area contributed by atoms with E-state index in [9.17, 15) is 4.79 Å². The van der Waals surface area contributed by atoms with Crippen LogP contribution >= 0.6 is 0 Å². The molecule has 2 heteroatoms. The first-order valence-corrected chi connectivity index (χ1v) is 7.28. The zero-order valence-corrected chi connectivity index (χ0v) is 11.3. The number of hydrogen-bond donors (Lipinski definition) is 0. The molecule has 0 spiro atoms. The minimum absolute atomic E-state index is 0.00398. The first-order valence-electron chi connectivity index (χ1n) is 7.28. The van der Waals surface area contributed by atoms with Crippen LogP contribution in [0.15, 0.2) is 35.4 Å². The lowest BCUT2D eigenvalue weighted by atomic mass is 9.75. The second-order valence-electron chi connectivity index (χ2n) is 5.73. The Morgan fingerprint density at radius 2 is 1.63 bits per heavy atom. The zero-order valence-electron chi connectivity index (χ0n) is 11.3. The van der Waals surface area contributed by atoms with Crippen molar-refractivity contribution in [3.8, 4) is 0 Å². The molecule has 98 valence electrons. The lowest BCUT2D eigenvalue weighted by Crippen LogP contribution is -2.24. The van der Waals surface area contributed by atoms with Gasteiger partial charge in [-0.05, 0) is 29.5 Å². The number of Topliss-reactive ketones (excluding diaryl/α,β-unsaturated/α-hetero) is 1. The maximum absolute atomic E-state index is 12.6. The van der Waals surface area contributed by atoms with Crippen molar-refractivity contribution in [2.45, 2.75) is 38.9 Å². The van der Waals surface area contributed by atoms with Crippen LogP contribution in [-0.2, 0) is 9.53 Å². The standard InChI is InChI=1S/C17H18O2/c1-3-9-10(4-2)15(18)14-13(9)16-11-7-5-6-8-12(11)17(14)19-16/h5-8,13-14,16-17H,3-4H2,1-2H3/t13-,14-,16+,17-/m1/s1. The second-order valence-corrected chi connectivity index (χ2v) is 5.73. The average Bonchev–Trinajstić information content (AvgIpc) is 3.07. The van der Waals surface area contributed by atoms with E-state index in [1.165, 1.54) is 16.7 Å². The summed E-state index contributed by atoms with van der Waals surface area (Å²) in [5, 5.41) is 0. The summed E-state index contributed by atoms with van der Waals surface area (Å²) in [6, 6.07) is 8.41. The monoisotopic (exact) mass is 254 g/mol. The van der Waals surface area contributed by atoms with E-state index in [0.29, 0.717) is 11.7 Å². The molecule has 2 nitrogen and oxygen atoms in total. The summed E-state index contributed by atoms with van der Waals surface area (Å²) >= 11 is 0. The van der Waals surface area contributed by atoms with E-state index in [2.05, 4.69) is 32.0 Å². The molecule has 2 bridgehead atoms. The van der Waals surface area contributed by atoms with Gasteiger partial charge in [-0.2, -0.15) is 0 Å². The Kier molecular flexibility index (Phi) is 2.28. The number of hydrogen-bond acceptors (Lipinski definition) is 2. The van der Waals surface area contributed by atoms with Gasteiger partial charge in [0.1, 0.15) is 0 Å². The molecule has 1 saturated heterocycles. The molecule has 0 amide bonds. The molecule has 1 aliphatic carbocycles. The molecule has 1 aromatic carbocycles. The largest absolute Gasteiger partial charge is 0.364 e. The first kappa shape index (κ1) is 11.4. The van der Waals surface area contributed by atoms with Crippen LogP contribution in [0.1, 0.15) is 50.0 Å². The van der Waals surface area contributed by atoms with Crippen molar-refractivity contribution in [2.24, 2.45) is 11.8 Å². The van der Waals surface area contributed by atoms with Crippen molar-refractivity contribution in [3.05, 3.63) is 46.5 Å². The summed E-state index contributed by atoms with van der Waals surface area (Å²) < 4.78 is 6.15. The minimum atomic E-state index is 0.00398. The Morgan fingerprint density at radius 1 is 1.00 bits per heavy atom. The summed E-state index contributed by atoms with van der Waals surface area (Å²) in [4.78, 5) is 12.6. The van der Waals surface area contributed by atoms with Crippen LogP contribution in [-0.4, -0.2) is 5.78 Å². The molecule has 1 fully saturated rings. The SMILES string of the molecule is CCC1=C(CC)[C@@H]2[C@H](C1=O)[C@@H]1O[C@H]2c2ccccc21. The van der Waals surface area contributed by atoms with E-state index < -0.39 is 0 Å². The Balaban J connectivity index is 1.87. The topological polar surface area (TPSA) is 26.3 Å². The van der Waals surface area contributed by atoms with Crippen molar-refractivity contribution in [2.75, 3.05) is 0 Å². The van der Waals surface area contributed by atoms with E-state index in [1.54, 1.807) is 0 Å². The molecule has 19 heavy (non-hydrogen) atoms. The zero-order chi connectivity index (χ0) is 13.1. The van der Waals surface area contributed by atoms with Gasteiger partial charge in [-0.25, -0.2) is 0 Å². The lowest BCUT2D eigenvalue weighted by molar-refractivity contribution is -0.120. The highest BCUT2D eigenvalue weighted by Crippen LogP contribution is 2.63. The fraction of sp³-hybridized carbons (Fsp3) is 0.471. The molecule has 0 radical (unpaired) electrons. The number of benzene rings is 1. The predicted octanol–water partition coefficient (Wildman–Crippen LogP) is 3.74. The normalized spacial score (nSPS) is 34.9. The summed E-state index contributed by atoms with van der Waals surface area (Å²) in [5.74, 6) is 0.725. The molecule has 0 saturated carbocycles. The molecule has 1 aromatic rings. The Morgan fingerprint density at radius 3 is 2.21 bits per heavy atom. The number of rotatable bonds is 2. The Bertz CT molecular complexity index is 599. The van der Waals surface area contributed by atoms with E-state index >= 15 is 0 Å². The highest BCUT2D eigenvalue weighted by Gasteiger charge is 2.59. The van der Waals surface area contributed by atoms with Gasteiger partial charge in [0.05, 0.1) is 18.1 Å². The molecular weight excluding hydrogens is 236 g/mol. The van der Waals surface area contributed by atoms with Crippen molar-refractivity contribution >= 4 is 5.78 Å². The van der Waals surface area contributed by atoms with Crippen molar-refractivity contribution < 1.29 is 9.53 Å². The van der Waals surface area contributed by atoms with Gasteiger partial charge in [0.25, 0.3) is 0 Å². The third-order valence-electron chi connectivity index (χ3n) is 5.07. The number of allylic oxidation sites excluding steroid dienone is 1. The van der Waals surface area contributed by atoms with Gasteiger partial charge in [-0.1, -0.05) is 43.7 Å². The summed E-state index contributed by atoms with van der Waals surface area (Å²) in [7, 11) is 0. The van der Waals surface area contributed by atoms with Crippen LogP contribution in [0.5, 0.6) is 0 Å². The third kappa shape index (κ3) is 1.23. The molecule has 4 atom stereocenters. The van der Waals surface area contributed by atoms with Crippen LogP contribution in [0.2, 0.25) is 0 Å². The van der Waals surface area contributed by atoms with Gasteiger partial charge in [0.15, 0.2) is 5.78 Å². The first-order chi connectivity index (χ1) is 9.27. The Labute approximate surface area is 113 Å². The molecule has 2 heterocycles. The van der Waals surface area contributed by atoms with Gasteiger partial charge in [0, 0.05) is 5.92 Å². The van der Waals surface area contributed by atoms with Gasteiger partial charge in [0.2, 0.25) is 0 Å². The molecule has 3 aliphatic rings. The lowest BCUT2D eigenvalue weighted by Gasteiger charge is -2.24. The van der Waals surface area contributed by atoms with E-state index in [-0.39, 0.29) is 18.1 Å². The maximum atomic E-state index is 12.6. The molecule has 0 N–H and O–H groups in total. The van der Waals surface area contributed by atoms with Crippen LogP contribution in [0.3, 0.4) is 0 Å². The van der Waals surface area contributed by atoms with Crippen LogP contribution < -0.4 is 0 Å². The molecule has 0 aromatic heterocycles. The third-order valence-corrected chi connectivity index (χ3v) is 5.07. The number of ketones is 1. The van der Waals surface area contributed by atoms with Crippen molar-refractivity contribution in [3.63, 3.8) is 0 Å². The number of fused-ring (bicyclic) bond motifs is 8. The van der Waals surface area contributed by atoms with E-state index in [1.807, 2.05) is 6.07 Å². The van der Waals surface area contributed by atoms with E-state index in [0.717, 1.165) is 18.4 Å². The van der Waals surface area contributed by atoms with Crippen LogP contribution in [0.25, 0.3) is 0 Å². The molecule has 4 rings (SSSR count). The van der Waals surface area contributed by atoms with Gasteiger partial charge in [-0.3, -0.25) is 4.79 Å². The average molecular weight is 254 g/mol. The van der Waals surface area contributed by atoms with Gasteiger partial charge in [-0.15, -0.1) is 0 Å². The highest BCUT2D eigenvalue weighted by atomic mass is 16.5.